The Morgan fingerprint density at radius 2 is 0.789 bits per heavy atom. The topological polar surface area (TPSA) is 105 Å². The zero-order chi connectivity index (χ0) is 38.1. The molecule has 9 fully saturated rings. The van der Waals surface area contributed by atoms with Gasteiger partial charge in [0, 0.05) is 0 Å². The van der Waals surface area contributed by atoms with Crippen LogP contribution in [0.5, 0.6) is 5.75 Å². The van der Waals surface area contributed by atoms with Crippen molar-refractivity contribution in [3.05, 3.63) is 65.7 Å². The molecular weight excluding hydrogens is 900 g/mol. The SMILES string of the molecule is CC(C)(c1ccccc1)c1ccc([O][Pb][CH]2CCCC3C4NC5NC(NC6NC(NC7NC(NC(N4)C23)C2CCCCC72)C2CCCCC62)C2CCCCC52)cc1. The standard InChI is InChI=1S/C32H55N8.C15H16O.Pb/c1-2-10-18-17(9-1)25-33-26(18)38-28-21-13-5-6-14-22(21)30(35-28)40-32-24-16-8-7-15-23(24)31(36-32)39-29-20-12-4-3-11-19(20)27(34-29)37-25;1-15(2,12-6-4-3-5-7-12)13-8-10-14(16)11-9-13;/h9,17-40H,1-8,10-16H2;3-11,16H,1-2H3;/q;;+1/p-1. The molecule has 308 valence electrons. The van der Waals surface area contributed by atoms with Crippen molar-refractivity contribution in [3.63, 3.8) is 0 Å². The summed E-state index contributed by atoms with van der Waals surface area (Å²) in [5, 5.41) is 34.5. The third-order valence-electron chi connectivity index (χ3n) is 17.3. The van der Waals surface area contributed by atoms with Crippen LogP contribution >= 0.6 is 0 Å². The van der Waals surface area contributed by atoms with Gasteiger partial charge in [0.1, 0.15) is 0 Å². The molecule has 5 aliphatic heterocycles. The molecular formula is C47H70N8OPb. The van der Waals surface area contributed by atoms with E-state index in [-0.39, 0.29) is 5.41 Å². The van der Waals surface area contributed by atoms with Gasteiger partial charge in [0.2, 0.25) is 0 Å². The Labute approximate surface area is 355 Å². The van der Waals surface area contributed by atoms with Crippen LogP contribution in [0.2, 0.25) is 3.48 Å². The van der Waals surface area contributed by atoms with Crippen LogP contribution in [-0.2, 0) is 5.41 Å². The number of hydrogen-bond acceptors (Lipinski definition) is 9. The van der Waals surface area contributed by atoms with E-state index < -0.39 is 24.7 Å². The third-order valence-corrected chi connectivity index (χ3v) is 22.5. The fraction of sp³-hybridized carbons (Fsp3) is 0.745. The second-order valence-corrected chi connectivity index (χ2v) is 25.1. The molecule has 17 atom stereocenters. The fourth-order valence-electron chi connectivity index (χ4n) is 14.3. The summed E-state index contributed by atoms with van der Waals surface area (Å²) < 4.78 is 7.68. The van der Waals surface area contributed by atoms with Gasteiger partial charge in [-0.05, 0) is 0 Å². The molecule has 5 saturated heterocycles. The molecule has 0 aromatic heterocycles. The molecule has 5 heterocycles. The minimum atomic E-state index is -1.49. The van der Waals surface area contributed by atoms with Crippen LogP contribution in [-0.4, -0.2) is 74.0 Å². The molecule has 0 amide bonds. The van der Waals surface area contributed by atoms with Crippen LogP contribution in [0.3, 0.4) is 0 Å². The molecule has 4 aliphatic carbocycles. The number of hydrogen-bond donors (Lipinski definition) is 8. The maximum atomic E-state index is 6.99. The Morgan fingerprint density at radius 3 is 1.23 bits per heavy atom. The van der Waals surface area contributed by atoms with E-state index in [0.29, 0.717) is 100 Å². The molecule has 2 radical (unpaired) electrons. The average Bonchev–Trinajstić information content (AvgIpc) is 3.99. The molecule has 8 N–H and O–H groups in total. The first-order valence-electron chi connectivity index (χ1n) is 23.6. The molecule has 2 aromatic rings. The summed E-state index contributed by atoms with van der Waals surface area (Å²) in [6.07, 6.45) is 23.1. The predicted octanol–water partition coefficient (Wildman–Crippen LogP) is 6.03. The number of fused-ring (bicyclic) bond motifs is 20. The van der Waals surface area contributed by atoms with Gasteiger partial charge in [-0.2, -0.15) is 0 Å². The molecule has 9 nitrogen and oxygen atoms in total. The van der Waals surface area contributed by atoms with Gasteiger partial charge in [0.05, 0.1) is 0 Å². The van der Waals surface area contributed by atoms with Gasteiger partial charge in [-0.25, -0.2) is 0 Å². The van der Waals surface area contributed by atoms with Crippen molar-refractivity contribution in [2.75, 3.05) is 0 Å². The summed E-state index contributed by atoms with van der Waals surface area (Å²) in [6.45, 7) is 4.67. The van der Waals surface area contributed by atoms with Crippen LogP contribution in [0, 0.1) is 47.3 Å². The first-order chi connectivity index (χ1) is 28.0. The van der Waals surface area contributed by atoms with Crippen LogP contribution < -0.4 is 45.2 Å². The van der Waals surface area contributed by atoms with E-state index in [1.165, 1.54) is 107 Å². The second-order valence-electron chi connectivity index (χ2n) is 20.5. The van der Waals surface area contributed by atoms with Crippen LogP contribution in [0.25, 0.3) is 0 Å². The van der Waals surface area contributed by atoms with Gasteiger partial charge in [-0.3, -0.25) is 0 Å². The summed E-state index contributed by atoms with van der Waals surface area (Å²) in [7, 11) is 0. The van der Waals surface area contributed by atoms with Crippen molar-refractivity contribution in [1.29, 1.82) is 0 Å². The number of benzene rings is 2. The Kier molecular flexibility index (Phi) is 11.1. The zero-order valence-electron chi connectivity index (χ0n) is 34.5. The molecule has 11 rings (SSSR count). The van der Waals surface area contributed by atoms with E-state index >= 15 is 0 Å². The zero-order valence-corrected chi connectivity index (χ0v) is 38.4. The predicted molar refractivity (Wildman–Crippen MR) is 228 cm³/mol. The van der Waals surface area contributed by atoms with E-state index in [1.807, 2.05) is 0 Å². The van der Waals surface area contributed by atoms with E-state index in [1.54, 1.807) is 0 Å². The summed E-state index contributed by atoms with van der Waals surface area (Å²) >= 11 is -1.49. The molecule has 9 aliphatic rings. The van der Waals surface area contributed by atoms with Crippen LogP contribution in [0.4, 0.5) is 0 Å². The van der Waals surface area contributed by atoms with Crippen molar-refractivity contribution in [1.82, 2.24) is 42.5 Å². The molecule has 2 aromatic carbocycles. The first-order valence-corrected chi connectivity index (χ1v) is 27.5. The van der Waals surface area contributed by atoms with E-state index in [4.69, 9.17) is 2.69 Å². The van der Waals surface area contributed by atoms with Gasteiger partial charge in [-0.1, -0.05) is 6.42 Å². The van der Waals surface area contributed by atoms with E-state index in [9.17, 15) is 0 Å². The average molecular weight is 970 g/mol. The van der Waals surface area contributed by atoms with Crippen molar-refractivity contribution < 1.29 is 2.69 Å². The first kappa shape index (κ1) is 38.7. The summed E-state index contributed by atoms with van der Waals surface area (Å²) in [6, 6.07) is 20.1. The summed E-state index contributed by atoms with van der Waals surface area (Å²) in [5.74, 6) is 6.47. The second kappa shape index (κ2) is 16.3. The molecule has 57 heavy (non-hydrogen) atoms. The molecule has 0 spiro atoms. The van der Waals surface area contributed by atoms with Gasteiger partial charge in [-0.15, -0.1) is 0 Å². The van der Waals surface area contributed by atoms with Crippen LogP contribution in [0.1, 0.15) is 121 Å². The van der Waals surface area contributed by atoms with Crippen molar-refractivity contribution >= 4 is 24.7 Å². The van der Waals surface area contributed by atoms with Gasteiger partial charge >= 0.3 is 351 Å². The van der Waals surface area contributed by atoms with Gasteiger partial charge < -0.3 is 0 Å². The van der Waals surface area contributed by atoms with E-state index in [2.05, 4.69) is 111 Å². The normalized spacial score (nSPS) is 45.4. The Morgan fingerprint density at radius 1 is 0.421 bits per heavy atom. The van der Waals surface area contributed by atoms with Gasteiger partial charge in [0.15, 0.2) is 0 Å². The minimum absolute atomic E-state index is 0.0387. The molecule has 4 saturated carbocycles. The van der Waals surface area contributed by atoms with Crippen molar-refractivity contribution in [3.8, 4) is 5.75 Å². The quantitative estimate of drug-likeness (QED) is 0.171. The van der Waals surface area contributed by atoms with Crippen LogP contribution in [0.15, 0.2) is 54.6 Å². The number of nitrogens with one attached hydrogen (secondary N) is 8. The summed E-state index contributed by atoms with van der Waals surface area (Å²) in [5.41, 5.74) is 2.66. The van der Waals surface area contributed by atoms with Crippen molar-refractivity contribution in [2.45, 2.75) is 168 Å². The fourth-order valence-corrected chi connectivity index (χ4v) is 19.5. The summed E-state index contributed by atoms with van der Waals surface area (Å²) in [4.78, 5) is 0. The number of rotatable bonds is 5. The Hall–Kier alpha value is -1.16. The molecule has 10 heteroatoms. The molecule has 8 bridgehead atoms. The Balaban J connectivity index is 0.868. The van der Waals surface area contributed by atoms with E-state index in [0.717, 1.165) is 5.75 Å². The monoisotopic (exact) mass is 971 g/mol. The van der Waals surface area contributed by atoms with Crippen molar-refractivity contribution in [2.24, 2.45) is 47.3 Å². The third kappa shape index (κ3) is 7.30. The Bertz CT molecular complexity index is 1680. The van der Waals surface area contributed by atoms with Gasteiger partial charge in [0.25, 0.3) is 0 Å². The molecule has 17 unspecified atom stereocenters. The maximum absolute atomic E-state index is 6.99.